The zero-order valence-corrected chi connectivity index (χ0v) is 15.7. The van der Waals surface area contributed by atoms with E-state index in [0.29, 0.717) is 12.1 Å². The first-order chi connectivity index (χ1) is 12.9. The Bertz CT molecular complexity index is 875. The van der Waals surface area contributed by atoms with E-state index in [2.05, 4.69) is 10.4 Å². The smallest absolute Gasteiger partial charge is 0.323 e. The normalized spacial score (nSPS) is 14.2. The molecule has 0 radical (unpaired) electrons. The lowest BCUT2D eigenvalue weighted by Crippen LogP contribution is -2.32. The summed E-state index contributed by atoms with van der Waals surface area (Å²) in [6.45, 7) is 4.10. The first-order valence-corrected chi connectivity index (χ1v) is 8.85. The second kappa shape index (κ2) is 7.61. The Kier molecular flexibility index (Phi) is 5.25. The highest BCUT2D eigenvalue weighted by molar-refractivity contribution is 6.01. The first-order valence-electron chi connectivity index (χ1n) is 8.85. The molecule has 0 bridgehead atoms. The lowest BCUT2D eigenvalue weighted by atomic mass is 10.2. The molecule has 0 atom stereocenters. The second-order valence-electron chi connectivity index (χ2n) is 6.63. The second-order valence-corrected chi connectivity index (χ2v) is 6.63. The number of rotatable bonds is 6. The molecular formula is C19H23N5O3. The van der Waals surface area contributed by atoms with Crippen molar-refractivity contribution in [2.75, 3.05) is 25.5 Å². The lowest BCUT2D eigenvalue weighted by Gasteiger charge is -2.13. The van der Waals surface area contributed by atoms with Crippen LogP contribution in [0.1, 0.15) is 24.2 Å². The van der Waals surface area contributed by atoms with Crippen molar-refractivity contribution >= 4 is 23.5 Å². The van der Waals surface area contributed by atoms with Gasteiger partial charge in [0.2, 0.25) is 11.8 Å². The third-order valence-electron chi connectivity index (χ3n) is 4.57. The van der Waals surface area contributed by atoms with Crippen molar-refractivity contribution in [2.45, 2.75) is 26.7 Å². The van der Waals surface area contributed by atoms with Crippen LogP contribution in [0, 0.1) is 13.8 Å². The van der Waals surface area contributed by atoms with E-state index in [1.807, 2.05) is 44.2 Å². The van der Waals surface area contributed by atoms with Crippen LogP contribution < -0.4 is 5.32 Å². The van der Waals surface area contributed by atoms with E-state index in [1.165, 1.54) is 9.80 Å². The van der Waals surface area contributed by atoms with E-state index in [-0.39, 0.29) is 37.4 Å². The SMILES string of the molecule is Cc1nn(-c2ccccc2)c(C)c1NC(=O)CCCN1C(=O)CN(C)C1=O. The molecule has 1 aliphatic heterocycles. The van der Waals surface area contributed by atoms with Gasteiger partial charge in [-0.2, -0.15) is 5.10 Å². The Morgan fingerprint density at radius 1 is 1.19 bits per heavy atom. The summed E-state index contributed by atoms with van der Waals surface area (Å²) in [4.78, 5) is 38.4. The molecule has 1 aromatic carbocycles. The summed E-state index contributed by atoms with van der Waals surface area (Å²) in [5.41, 5.74) is 3.19. The van der Waals surface area contributed by atoms with Gasteiger partial charge < -0.3 is 10.2 Å². The Morgan fingerprint density at radius 3 is 2.52 bits per heavy atom. The van der Waals surface area contributed by atoms with Crippen LogP contribution in [0.15, 0.2) is 30.3 Å². The van der Waals surface area contributed by atoms with Crippen molar-refractivity contribution in [1.29, 1.82) is 0 Å². The molecule has 0 saturated carbocycles. The van der Waals surface area contributed by atoms with Crippen molar-refractivity contribution in [3.05, 3.63) is 41.7 Å². The number of carbonyl (C=O) groups is 3. The molecule has 0 aliphatic carbocycles. The standard InChI is InChI=1S/C19H23N5O3/c1-13-18(14(2)24(21-13)15-8-5-4-6-9-15)20-16(25)10-7-11-23-17(26)12-22(3)19(23)27/h4-6,8-9H,7,10-12H2,1-3H3,(H,20,25). The maximum atomic E-state index is 12.3. The molecule has 1 aromatic heterocycles. The summed E-state index contributed by atoms with van der Waals surface area (Å²) >= 11 is 0. The number of likely N-dealkylation sites (N-methyl/N-ethyl adjacent to an activating group) is 1. The van der Waals surface area contributed by atoms with Gasteiger partial charge in [0.1, 0.15) is 6.54 Å². The molecule has 8 heteroatoms. The predicted molar refractivity (Wildman–Crippen MR) is 101 cm³/mol. The molecule has 1 fully saturated rings. The quantitative estimate of drug-likeness (QED) is 0.790. The number of aryl methyl sites for hydroxylation is 1. The fourth-order valence-corrected chi connectivity index (χ4v) is 3.13. The van der Waals surface area contributed by atoms with Gasteiger partial charge in [0.05, 0.1) is 22.8 Å². The number of urea groups is 1. The average molecular weight is 369 g/mol. The molecule has 0 spiro atoms. The minimum atomic E-state index is -0.309. The van der Waals surface area contributed by atoms with Gasteiger partial charge in [-0.1, -0.05) is 18.2 Å². The summed E-state index contributed by atoms with van der Waals surface area (Å²) in [6.07, 6.45) is 0.637. The number of amides is 4. The minimum Gasteiger partial charge on any atom is -0.323 e. The molecule has 142 valence electrons. The van der Waals surface area contributed by atoms with E-state index >= 15 is 0 Å². The molecule has 1 aliphatic rings. The highest BCUT2D eigenvalue weighted by atomic mass is 16.2. The Balaban J connectivity index is 1.59. The summed E-state index contributed by atoms with van der Waals surface area (Å²) in [7, 11) is 1.59. The molecular weight excluding hydrogens is 346 g/mol. The van der Waals surface area contributed by atoms with Crippen LogP contribution in [-0.2, 0) is 9.59 Å². The van der Waals surface area contributed by atoms with Gasteiger partial charge in [-0.05, 0) is 32.4 Å². The van der Waals surface area contributed by atoms with Crippen molar-refractivity contribution in [3.8, 4) is 5.69 Å². The van der Waals surface area contributed by atoms with E-state index in [1.54, 1.807) is 11.7 Å². The molecule has 3 rings (SSSR count). The van der Waals surface area contributed by atoms with Crippen LogP contribution in [0.3, 0.4) is 0 Å². The summed E-state index contributed by atoms with van der Waals surface area (Å²) in [6, 6.07) is 9.39. The number of carbonyl (C=O) groups excluding carboxylic acids is 3. The predicted octanol–water partition coefficient (Wildman–Crippen LogP) is 2.10. The van der Waals surface area contributed by atoms with E-state index in [9.17, 15) is 14.4 Å². The number of hydrogen-bond donors (Lipinski definition) is 1. The van der Waals surface area contributed by atoms with Crippen molar-refractivity contribution in [3.63, 3.8) is 0 Å². The van der Waals surface area contributed by atoms with E-state index in [4.69, 9.17) is 0 Å². The first kappa shape index (κ1) is 18.6. The van der Waals surface area contributed by atoms with Crippen molar-refractivity contribution < 1.29 is 14.4 Å². The van der Waals surface area contributed by atoms with E-state index < -0.39 is 0 Å². The van der Waals surface area contributed by atoms with Gasteiger partial charge in [-0.3, -0.25) is 14.5 Å². The number of nitrogens with one attached hydrogen (secondary N) is 1. The largest absolute Gasteiger partial charge is 0.326 e. The summed E-state index contributed by atoms with van der Waals surface area (Å²) in [5, 5.41) is 7.41. The Hall–Kier alpha value is -3.16. The third-order valence-corrected chi connectivity index (χ3v) is 4.57. The monoisotopic (exact) mass is 369 g/mol. The van der Waals surface area contributed by atoms with Gasteiger partial charge in [-0.25, -0.2) is 9.48 Å². The average Bonchev–Trinajstić information content (AvgIpc) is 3.06. The van der Waals surface area contributed by atoms with Crippen molar-refractivity contribution in [2.24, 2.45) is 0 Å². The maximum Gasteiger partial charge on any atom is 0.326 e. The lowest BCUT2D eigenvalue weighted by molar-refractivity contribution is -0.125. The van der Waals surface area contributed by atoms with Crippen LogP contribution in [-0.4, -0.2) is 57.6 Å². The molecule has 1 saturated heterocycles. The van der Waals surface area contributed by atoms with Gasteiger partial charge in [-0.15, -0.1) is 0 Å². The van der Waals surface area contributed by atoms with Gasteiger partial charge >= 0.3 is 6.03 Å². The summed E-state index contributed by atoms with van der Waals surface area (Å²) < 4.78 is 1.79. The van der Waals surface area contributed by atoms with Gasteiger partial charge in [0.15, 0.2) is 0 Å². The van der Waals surface area contributed by atoms with Gasteiger partial charge in [0.25, 0.3) is 0 Å². The third kappa shape index (κ3) is 3.84. The number of benzene rings is 1. The number of para-hydroxylation sites is 1. The highest BCUT2D eigenvalue weighted by Gasteiger charge is 2.32. The Labute approximate surface area is 157 Å². The number of hydrogen-bond acceptors (Lipinski definition) is 4. The minimum absolute atomic E-state index is 0.0993. The Morgan fingerprint density at radius 2 is 1.89 bits per heavy atom. The van der Waals surface area contributed by atoms with E-state index in [0.717, 1.165) is 17.1 Å². The molecule has 1 N–H and O–H groups in total. The summed E-state index contributed by atoms with van der Waals surface area (Å²) in [5.74, 6) is -0.389. The van der Waals surface area contributed by atoms with Crippen LogP contribution >= 0.6 is 0 Å². The molecule has 2 aromatic rings. The molecule has 4 amide bonds. The van der Waals surface area contributed by atoms with Crippen LogP contribution in [0.25, 0.3) is 5.69 Å². The van der Waals surface area contributed by atoms with Crippen LogP contribution in [0.5, 0.6) is 0 Å². The molecule has 8 nitrogen and oxygen atoms in total. The number of nitrogens with zero attached hydrogens (tertiary/aromatic N) is 4. The number of aromatic nitrogens is 2. The maximum absolute atomic E-state index is 12.3. The molecule has 2 heterocycles. The van der Waals surface area contributed by atoms with Crippen LogP contribution in [0.4, 0.5) is 10.5 Å². The van der Waals surface area contributed by atoms with Gasteiger partial charge in [0, 0.05) is 20.0 Å². The number of anilines is 1. The zero-order chi connectivity index (χ0) is 19.6. The molecule has 27 heavy (non-hydrogen) atoms. The number of imide groups is 1. The fourth-order valence-electron chi connectivity index (χ4n) is 3.13. The topological polar surface area (TPSA) is 87.5 Å². The molecule has 0 unspecified atom stereocenters. The van der Waals surface area contributed by atoms with Crippen LogP contribution in [0.2, 0.25) is 0 Å². The zero-order valence-electron chi connectivity index (χ0n) is 15.7. The van der Waals surface area contributed by atoms with Crippen molar-refractivity contribution in [1.82, 2.24) is 19.6 Å². The fraction of sp³-hybridized carbons (Fsp3) is 0.368. The highest BCUT2D eigenvalue weighted by Crippen LogP contribution is 2.23.